The molecule has 3 nitrogen and oxygen atoms in total. The summed E-state index contributed by atoms with van der Waals surface area (Å²) < 4.78 is 5.60. The van der Waals surface area contributed by atoms with Gasteiger partial charge < -0.3 is 10.1 Å². The van der Waals surface area contributed by atoms with Crippen LogP contribution in [0, 0.1) is 13.8 Å². The number of benzene rings is 1. The Hall–Kier alpha value is -1.51. The van der Waals surface area contributed by atoms with Crippen LogP contribution in [-0.4, -0.2) is 18.6 Å². The summed E-state index contributed by atoms with van der Waals surface area (Å²) in [5.74, 6) is 0.687. The molecule has 0 heterocycles. The van der Waals surface area contributed by atoms with Crippen LogP contribution in [0.4, 0.5) is 0 Å². The van der Waals surface area contributed by atoms with Crippen molar-refractivity contribution in [3.8, 4) is 5.75 Å². The Balaban J connectivity index is 2.69. The molecule has 1 N–H and O–H groups in total. The van der Waals surface area contributed by atoms with Gasteiger partial charge in [0.25, 0.3) is 5.91 Å². The summed E-state index contributed by atoms with van der Waals surface area (Å²) in [6, 6.07) is 5.92. The van der Waals surface area contributed by atoms with Crippen molar-refractivity contribution < 1.29 is 9.53 Å². The fourth-order valence-corrected chi connectivity index (χ4v) is 1.49. The van der Waals surface area contributed by atoms with E-state index < -0.39 is 6.10 Å². The number of carbonyl (C=O) groups excluding carboxylic acids is 1. The minimum atomic E-state index is -0.457. The third-order valence-electron chi connectivity index (χ3n) is 2.35. The van der Waals surface area contributed by atoms with E-state index in [9.17, 15) is 4.79 Å². The molecular formula is C13H19NO2. The van der Waals surface area contributed by atoms with Gasteiger partial charge in [0.1, 0.15) is 5.75 Å². The first-order valence-electron chi connectivity index (χ1n) is 5.56. The highest BCUT2D eigenvalue weighted by Gasteiger charge is 2.14. The Labute approximate surface area is 96.8 Å². The van der Waals surface area contributed by atoms with Crippen molar-refractivity contribution >= 4 is 5.91 Å². The number of rotatable bonds is 4. The average Bonchev–Trinajstić information content (AvgIpc) is 2.22. The number of likely N-dealkylation sites (N-methyl/N-ethyl adjacent to an activating group) is 1. The molecule has 0 aliphatic carbocycles. The second-order valence-electron chi connectivity index (χ2n) is 3.92. The maximum atomic E-state index is 11.5. The summed E-state index contributed by atoms with van der Waals surface area (Å²) in [6.45, 7) is 8.28. The predicted molar refractivity (Wildman–Crippen MR) is 64.7 cm³/mol. The second kappa shape index (κ2) is 5.54. The molecule has 1 aromatic carbocycles. The number of amides is 1. The molecule has 1 amide bonds. The molecule has 0 spiro atoms. The van der Waals surface area contributed by atoms with Crippen LogP contribution < -0.4 is 10.1 Å². The van der Waals surface area contributed by atoms with Crippen LogP contribution in [0.1, 0.15) is 25.0 Å². The van der Waals surface area contributed by atoms with E-state index in [0.717, 1.165) is 11.3 Å². The molecule has 0 unspecified atom stereocenters. The lowest BCUT2D eigenvalue weighted by atomic mass is 10.1. The van der Waals surface area contributed by atoms with Gasteiger partial charge in [-0.15, -0.1) is 0 Å². The third-order valence-corrected chi connectivity index (χ3v) is 2.35. The van der Waals surface area contributed by atoms with E-state index >= 15 is 0 Å². The van der Waals surface area contributed by atoms with Crippen LogP contribution in [0.3, 0.4) is 0 Å². The second-order valence-corrected chi connectivity index (χ2v) is 3.92. The lowest BCUT2D eigenvalue weighted by molar-refractivity contribution is -0.127. The Bertz CT molecular complexity index is 374. The fraction of sp³-hybridized carbons (Fsp3) is 0.462. The number of aryl methyl sites for hydroxylation is 2. The van der Waals surface area contributed by atoms with E-state index in [4.69, 9.17) is 4.74 Å². The van der Waals surface area contributed by atoms with E-state index in [2.05, 4.69) is 5.32 Å². The number of nitrogens with one attached hydrogen (secondary N) is 1. The molecule has 1 atom stereocenters. The van der Waals surface area contributed by atoms with Gasteiger partial charge in [0.15, 0.2) is 6.10 Å². The first-order valence-corrected chi connectivity index (χ1v) is 5.56. The van der Waals surface area contributed by atoms with E-state index in [1.807, 2.05) is 39.0 Å². The molecule has 1 aromatic rings. The number of hydrogen-bond acceptors (Lipinski definition) is 2. The molecule has 0 saturated carbocycles. The molecule has 88 valence electrons. The Morgan fingerprint density at radius 2 is 2.12 bits per heavy atom. The van der Waals surface area contributed by atoms with Crippen molar-refractivity contribution in [2.45, 2.75) is 33.8 Å². The highest BCUT2D eigenvalue weighted by Crippen LogP contribution is 2.19. The van der Waals surface area contributed by atoms with Crippen LogP contribution in [-0.2, 0) is 4.79 Å². The lowest BCUT2D eigenvalue weighted by Crippen LogP contribution is -2.36. The molecule has 3 heteroatoms. The van der Waals surface area contributed by atoms with E-state index in [-0.39, 0.29) is 5.91 Å². The standard InChI is InChI=1S/C13H19NO2/c1-5-14-13(15)11(4)16-12-7-6-9(2)8-10(12)3/h6-8,11H,5H2,1-4H3,(H,14,15)/t11-/m1/s1. The maximum Gasteiger partial charge on any atom is 0.260 e. The topological polar surface area (TPSA) is 38.3 Å². The number of carbonyl (C=O) groups is 1. The number of hydrogen-bond donors (Lipinski definition) is 1. The summed E-state index contributed by atoms with van der Waals surface area (Å²) in [5, 5.41) is 2.73. The predicted octanol–water partition coefficient (Wildman–Crippen LogP) is 2.21. The molecule has 0 saturated heterocycles. The van der Waals surface area contributed by atoms with Crippen LogP contribution in [0.15, 0.2) is 18.2 Å². The zero-order valence-electron chi connectivity index (χ0n) is 10.3. The van der Waals surface area contributed by atoms with Crippen molar-refractivity contribution in [2.75, 3.05) is 6.54 Å². The molecule has 0 aliphatic rings. The SMILES string of the molecule is CCNC(=O)[C@@H](C)Oc1ccc(C)cc1C. The lowest BCUT2D eigenvalue weighted by Gasteiger charge is -2.15. The van der Waals surface area contributed by atoms with E-state index in [1.54, 1.807) is 6.92 Å². The Morgan fingerprint density at radius 1 is 1.44 bits per heavy atom. The van der Waals surface area contributed by atoms with E-state index in [1.165, 1.54) is 5.56 Å². The largest absolute Gasteiger partial charge is 0.481 e. The van der Waals surface area contributed by atoms with Crippen molar-refractivity contribution in [3.05, 3.63) is 29.3 Å². The van der Waals surface area contributed by atoms with Gasteiger partial charge in [-0.25, -0.2) is 0 Å². The molecular weight excluding hydrogens is 202 g/mol. The molecule has 0 bridgehead atoms. The molecule has 0 aliphatic heterocycles. The zero-order valence-corrected chi connectivity index (χ0v) is 10.3. The Morgan fingerprint density at radius 3 is 2.69 bits per heavy atom. The average molecular weight is 221 g/mol. The normalized spacial score (nSPS) is 12.0. The van der Waals surface area contributed by atoms with Gasteiger partial charge in [-0.3, -0.25) is 4.79 Å². The fourth-order valence-electron chi connectivity index (χ4n) is 1.49. The van der Waals surface area contributed by atoms with Crippen molar-refractivity contribution in [1.82, 2.24) is 5.32 Å². The maximum absolute atomic E-state index is 11.5. The first-order chi connectivity index (χ1) is 7.54. The minimum absolute atomic E-state index is 0.0810. The van der Waals surface area contributed by atoms with Crippen molar-refractivity contribution in [1.29, 1.82) is 0 Å². The van der Waals surface area contributed by atoms with Gasteiger partial charge in [-0.2, -0.15) is 0 Å². The summed E-state index contributed by atoms with van der Waals surface area (Å²) in [6.07, 6.45) is -0.457. The summed E-state index contributed by atoms with van der Waals surface area (Å²) in [5.41, 5.74) is 2.24. The van der Waals surface area contributed by atoms with Crippen LogP contribution in [0.25, 0.3) is 0 Å². The summed E-state index contributed by atoms with van der Waals surface area (Å²) >= 11 is 0. The Kier molecular flexibility index (Phi) is 4.35. The third kappa shape index (κ3) is 3.26. The zero-order chi connectivity index (χ0) is 12.1. The van der Waals surface area contributed by atoms with Crippen LogP contribution >= 0.6 is 0 Å². The van der Waals surface area contributed by atoms with Gasteiger partial charge >= 0.3 is 0 Å². The van der Waals surface area contributed by atoms with Crippen molar-refractivity contribution in [2.24, 2.45) is 0 Å². The highest BCUT2D eigenvalue weighted by atomic mass is 16.5. The monoisotopic (exact) mass is 221 g/mol. The molecule has 0 aromatic heterocycles. The summed E-state index contributed by atoms with van der Waals surface area (Å²) in [7, 11) is 0. The van der Waals surface area contributed by atoms with Crippen LogP contribution in [0.2, 0.25) is 0 Å². The van der Waals surface area contributed by atoms with E-state index in [0.29, 0.717) is 6.54 Å². The van der Waals surface area contributed by atoms with Gasteiger partial charge in [-0.1, -0.05) is 17.7 Å². The van der Waals surface area contributed by atoms with Gasteiger partial charge in [0, 0.05) is 6.54 Å². The van der Waals surface area contributed by atoms with Crippen LogP contribution in [0.5, 0.6) is 5.75 Å². The molecule has 0 radical (unpaired) electrons. The summed E-state index contributed by atoms with van der Waals surface area (Å²) in [4.78, 5) is 11.5. The van der Waals surface area contributed by atoms with Gasteiger partial charge in [-0.05, 0) is 39.3 Å². The van der Waals surface area contributed by atoms with Gasteiger partial charge in [0.2, 0.25) is 0 Å². The molecule has 1 rings (SSSR count). The van der Waals surface area contributed by atoms with Gasteiger partial charge in [0.05, 0.1) is 0 Å². The smallest absolute Gasteiger partial charge is 0.260 e. The number of ether oxygens (including phenoxy) is 1. The minimum Gasteiger partial charge on any atom is -0.481 e. The molecule has 16 heavy (non-hydrogen) atoms. The highest BCUT2D eigenvalue weighted by molar-refractivity contribution is 5.80. The first kappa shape index (κ1) is 12.6. The quantitative estimate of drug-likeness (QED) is 0.846. The molecule has 0 fully saturated rings. The van der Waals surface area contributed by atoms with Crippen molar-refractivity contribution in [3.63, 3.8) is 0 Å².